The lowest BCUT2D eigenvalue weighted by molar-refractivity contribution is -0.149. The molecule has 1 rings (SSSR count). The van der Waals surface area contributed by atoms with Crippen LogP contribution < -0.4 is 4.74 Å². The molecule has 1 aromatic rings. The Morgan fingerprint density at radius 1 is 1.06 bits per heavy atom. The van der Waals surface area contributed by atoms with Crippen LogP contribution in [0.5, 0.6) is 5.75 Å². The molecule has 0 saturated heterocycles. The summed E-state index contributed by atoms with van der Waals surface area (Å²) in [4.78, 5) is 25.6. The largest absolute Gasteiger partial charge is 0.492 e. The van der Waals surface area contributed by atoms with E-state index in [1.54, 1.807) is 11.8 Å². The number of benzene rings is 1. The molecule has 0 spiro atoms. The Morgan fingerprint density at radius 3 is 2.35 bits per heavy atom. The van der Waals surface area contributed by atoms with Gasteiger partial charge in [-0.2, -0.15) is 11.8 Å². The number of carbonyl (C=O) groups is 2. The SMILES string of the molecule is CCCCCSCCN(CCOc1ccc(CC(OCC)C(=O)O)cc1)C(=O)OCC(C)(C)C. The number of nitrogens with zero attached hydrogens (tertiary/aromatic N) is 1. The highest BCUT2D eigenvalue weighted by Gasteiger charge is 2.20. The molecule has 34 heavy (non-hydrogen) atoms. The molecule has 0 fully saturated rings. The first-order valence-corrected chi connectivity index (χ1v) is 13.4. The van der Waals surface area contributed by atoms with Crippen molar-refractivity contribution >= 4 is 23.8 Å². The van der Waals surface area contributed by atoms with E-state index >= 15 is 0 Å². The van der Waals surface area contributed by atoms with Gasteiger partial charge in [-0.1, -0.05) is 52.7 Å². The van der Waals surface area contributed by atoms with Gasteiger partial charge in [-0.15, -0.1) is 0 Å². The number of rotatable bonds is 17. The molecule has 0 aliphatic carbocycles. The number of carboxylic acid groups (broad SMARTS) is 1. The summed E-state index contributed by atoms with van der Waals surface area (Å²) in [6.45, 7) is 12.2. The maximum Gasteiger partial charge on any atom is 0.409 e. The molecule has 8 heteroatoms. The molecule has 0 heterocycles. The lowest BCUT2D eigenvalue weighted by Crippen LogP contribution is -2.38. The molecular weight excluding hydrogens is 454 g/mol. The second kappa shape index (κ2) is 16.7. The predicted octanol–water partition coefficient (Wildman–Crippen LogP) is 5.51. The van der Waals surface area contributed by atoms with Crippen LogP contribution in [0.25, 0.3) is 0 Å². The average Bonchev–Trinajstić information content (AvgIpc) is 2.78. The molecule has 1 aromatic carbocycles. The molecular formula is C26H43NO6S. The third-order valence-electron chi connectivity index (χ3n) is 4.90. The van der Waals surface area contributed by atoms with Gasteiger partial charge in [-0.25, -0.2) is 9.59 Å². The van der Waals surface area contributed by atoms with Crippen LogP contribution in [-0.2, 0) is 20.7 Å². The van der Waals surface area contributed by atoms with Gasteiger partial charge in [0, 0.05) is 25.3 Å². The van der Waals surface area contributed by atoms with E-state index in [1.807, 2.05) is 56.8 Å². The van der Waals surface area contributed by atoms with Gasteiger partial charge in [0.05, 0.1) is 13.2 Å². The first-order valence-electron chi connectivity index (χ1n) is 12.2. The number of hydrogen-bond acceptors (Lipinski definition) is 6. The van der Waals surface area contributed by atoms with Crippen molar-refractivity contribution in [2.75, 3.05) is 44.4 Å². The van der Waals surface area contributed by atoms with E-state index in [0.717, 1.165) is 17.1 Å². The number of carbonyl (C=O) groups excluding carboxylic acids is 1. The topological polar surface area (TPSA) is 85.3 Å². The van der Waals surface area contributed by atoms with E-state index in [0.29, 0.717) is 45.1 Å². The number of hydrogen-bond donors (Lipinski definition) is 1. The van der Waals surface area contributed by atoms with E-state index in [9.17, 15) is 14.7 Å². The minimum Gasteiger partial charge on any atom is -0.492 e. The maximum absolute atomic E-state index is 12.6. The Morgan fingerprint density at radius 2 is 1.76 bits per heavy atom. The van der Waals surface area contributed by atoms with Crippen molar-refractivity contribution in [3.05, 3.63) is 29.8 Å². The lowest BCUT2D eigenvalue weighted by Gasteiger charge is -2.25. The molecule has 0 aliphatic heterocycles. The molecule has 0 aliphatic rings. The Hall–Kier alpha value is -1.93. The number of amides is 1. The Labute approximate surface area is 209 Å². The zero-order chi connectivity index (χ0) is 25.4. The highest BCUT2D eigenvalue weighted by Crippen LogP contribution is 2.16. The summed E-state index contributed by atoms with van der Waals surface area (Å²) in [6, 6.07) is 7.30. The van der Waals surface area contributed by atoms with E-state index in [2.05, 4.69) is 6.92 Å². The van der Waals surface area contributed by atoms with Crippen molar-refractivity contribution in [3.8, 4) is 5.75 Å². The van der Waals surface area contributed by atoms with Crippen LogP contribution >= 0.6 is 11.8 Å². The monoisotopic (exact) mass is 497 g/mol. The van der Waals surface area contributed by atoms with Crippen molar-refractivity contribution in [2.45, 2.75) is 66.4 Å². The van der Waals surface area contributed by atoms with Gasteiger partial charge >= 0.3 is 12.1 Å². The van der Waals surface area contributed by atoms with Crippen molar-refractivity contribution in [1.29, 1.82) is 0 Å². The van der Waals surface area contributed by atoms with Crippen LogP contribution in [0.3, 0.4) is 0 Å². The van der Waals surface area contributed by atoms with Gasteiger partial charge in [-0.3, -0.25) is 0 Å². The Kier molecular flexibility index (Phi) is 14.7. The highest BCUT2D eigenvalue weighted by molar-refractivity contribution is 7.99. The van der Waals surface area contributed by atoms with Crippen LogP contribution in [0.4, 0.5) is 4.79 Å². The van der Waals surface area contributed by atoms with Crippen molar-refractivity contribution in [3.63, 3.8) is 0 Å². The fourth-order valence-corrected chi connectivity index (χ4v) is 3.98. The maximum atomic E-state index is 12.6. The highest BCUT2D eigenvalue weighted by atomic mass is 32.2. The summed E-state index contributed by atoms with van der Waals surface area (Å²) in [5.41, 5.74) is 0.775. The van der Waals surface area contributed by atoms with Gasteiger partial charge in [0.25, 0.3) is 0 Å². The van der Waals surface area contributed by atoms with Crippen LogP contribution in [-0.4, -0.2) is 72.6 Å². The third-order valence-corrected chi connectivity index (χ3v) is 5.95. The van der Waals surface area contributed by atoms with Crippen LogP contribution in [0, 0.1) is 5.41 Å². The number of unbranched alkanes of at least 4 members (excludes halogenated alkanes) is 2. The lowest BCUT2D eigenvalue weighted by atomic mass is 9.99. The predicted molar refractivity (Wildman–Crippen MR) is 138 cm³/mol. The number of thioether (sulfide) groups is 1. The second-order valence-electron chi connectivity index (χ2n) is 9.40. The van der Waals surface area contributed by atoms with Crippen molar-refractivity contribution < 1.29 is 28.9 Å². The number of carboxylic acids is 1. The van der Waals surface area contributed by atoms with Gasteiger partial charge in [0.2, 0.25) is 0 Å². The standard InChI is InChI=1S/C26H43NO6S/c1-6-8-9-17-34-18-15-27(25(30)33-20-26(3,4)5)14-16-32-22-12-10-21(11-13-22)19-23(24(28)29)31-7-2/h10-13,23H,6-9,14-20H2,1-5H3,(H,28,29). The van der Waals surface area contributed by atoms with E-state index in [-0.39, 0.29) is 11.5 Å². The van der Waals surface area contributed by atoms with E-state index < -0.39 is 12.1 Å². The van der Waals surface area contributed by atoms with Gasteiger partial charge in [0.15, 0.2) is 6.10 Å². The smallest absolute Gasteiger partial charge is 0.409 e. The van der Waals surface area contributed by atoms with Gasteiger partial charge in [0.1, 0.15) is 12.4 Å². The number of ether oxygens (including phenoxy) is 3. The molecule has 1 atom stereocenters. The molecule has 7 nitrogen and oxygen atoms in total. The molecule has 1 amide bonds. The molecule has 1 N–H and O–H groups in total. The average molecular weight is 498 g/mol. The first kappa shape index (κ1) is 30.1. The Bertz CT molecular complexity index is 704. The summed E-state index contributed by atoms with van der Waals surface area (Å²) < 4.78 is 16.6. The van der Waals surface area contributed by atoms with Crippen LogP contribution in [0.1, 0.15) is 59.4 Å². The summed E-state index contributed by atoms with van der Waals surface area (Å²) >= 11 is 1.86. The van der Waals surface area contributed by atoms with Gasteiger partial charge < -0.3 is 24.2 Å². The first-order chi connectivity index (χ1) is 16.2. The number of aliphatic carboxylic acids is 1. The van der Waals surface area contributed by atoms with Crippen LogP contribution in [0.15, 0.2) is 24.3 Å². The summed E-state index contributed by atoms with van der Waals surface area (Å²) in [5, 5.41) is 9.24. The van der Waals surface area contributed by atoms with Crippen molar-refractivity contribution in [1.82, 2.24) is 4.90 Å². The van der Waals surface area contributed by atoms with E-state index in [4.69, 9.17) is 14.2 Å². The molecule has 0 aromatic heterocycles. The second-order valence-corrected chi connectivity index (χ2v) is 10.6. The fourth-order valence-electron chi connectivity index (χ4n) is 3.02. The zero-order valence-electron chi connectivity index (χ0n) is 21.5. The Balaban J connectivity index is 2.56. The zero-order valence-corrected chi connectivity index (χ0v) is 22.3. The normalized spacial score (nSPS) is 12.3. The van der Waals surface area contributed by atoms with E-state index in [1.165, 1.54) is 19.3 Å². The minimum atomic E-state index is -0.968. The molecule has 1 unspecified atom stereocenters. The molecule has 0 radical (unpaired) electrons. The molecule has 0 bridgehead atoms. The van der Waals surface area contributed by atoms with Crippen molar-refractivity contribution in [2.24, 2.45) is 5.41 Å². The summed E-state index contributed by atoms with van der Waals surface area (Å²) in [5.74, 6) is 1.68. The quantitative estimate of drug-likeness (QED) is 0.284. The molecule has 0 saturated carbocycles. The summed E-state index contributed by atoms with van der Waals surface area (Å²) in [7, 11) is 0. The third kappa shape index (κ3) is 13.7. The fraction of sp³-hybridized carbons (Fsp3) is 0.692. The summed E-state index contributed by atoms with van der Waals surface area (Å²) in [6.07, 6.45) is 2.78. The molecule has 194 valence electrons. The van der Waals surface area contributed by atoms with Gasteiger partial charge in [-0.05, 0) is 42.2 Å². The minimum absolute atomic E-state index is 0.0870. The van der Waals surface area contributed by atoms with Crippen LogP contribution in [0.2, 0.25) is 0 Å².